The van der Waals surface area contributed by atoms with Gasteiger partial charge in [-0.05, 0) is 18.6 Å². The zero-order chi connectivity index (χ0) is 19.7. The predicted molar refractivity (Wildman–Crippen MR) is 105 cm³/mol. The molecule has 3 aromatic rings. The highest BCUT2D eigenvalue weighted by atomic mass is 32.1. The van der Waals surface area contributed by atoms with Crippen LogP contribution in [0.1, 0.15) is 20.8 Å². The quantitative estimate of drug-likeness (QED) is 0.673. The highest BCUT2D eigenvalue weighted by molar-refractivity contribution is 7.20. The summed E-state index contributed by atoms with van der Waals surface area (Å²) in [5, 5.41) is 0.501. The number of aromatic nitrogens is 2. The Morgan fingerprint density at radius 2 is 2.04 bits per heavy atom. The first kappa shape index (κ1) is 18.9. The summed E-state index contributed by atoms with van der Waals surface area (Å²) >= 11 is 1.24. The number of carbonyl (C=O) groups is 1. The van der Waals surface area contributed by atoms with Crippen molar-refractivity contribution in [2.24, 2.45) is 7.05 Å². The zero-order valence-electron chi connectivity index (χ0n) is 15.9. The minimum absolute atomic E-state index is 0.148. The first-order valence-corrected chi connectivity index (χ1v) is 9.10. The van der Waals surface area contributed by atoms with Crippen LogP contribution in [0.3, 0.4) is 0 Å². The number of hydrogen-bond acceptors (Lipinski definition) is 6. The number of nitrogens with zero attached hydrogens (tertiary/aromatic N) is 3. The molecular weight excluding hydrogens is 366 g/mol. The summed E-state index contributed by atoms with van der Waals surface area (Å²) in [4.78, 5) is 32.4. The summed E-state index contributed by atoms with van der Waals surface area (Å²) in [6.45, 7) is 2.13. The topological polar surface area (TPSA) is 73.7 Å². The van der Waals surface area contributed by atoms with E-state index in [4.69, 9.17) is 9.47 Å². The van der Waals surface area contributed by atoms with E-state index in [9.17, 15) is 9.59 Å². The predicted octanol–water partition coefficient (Wildman–Crippen LogP) is 2.59. The third kappa shape index (κ3) is 3.28. The van der Waals surface area contributed by atoms with Gasteiger partial charge in [-0.25, -0.2) is 4.98 Å². The lowest BCUT2D eigenvalue weighted by Crippen LogP contribution is -2.26. The Bertz CT molecular complexity index is 1070. The van der Waals surface area contributed by atoms with E-state index in [0.29, 0.717) is 38.7 Å². The average molecular weight is 387 g/mol. The SMILES string of the molecule is COc1cccc(CN(C)C(=O)c2sc3ncn(C)c(=O)c3c2C)c1OC. The van der Waals surface area contributed by atoms with Crippen LogP contribution >= 0.6 is 11.3 Å². The Morgan fingerprint density at radius 3 is 2.70 bits per heavy atom. The van der Waals surface area contributed by atoms with E-state index in [-0.39, 0.29) is 11.5 Å². The number of carbonyl (C=O) groups excluding carboxylic acids is 1. The highest BCUT2D eigenvalue weighted by Crippen LogP contribution is 2.32. The largest absolute Gasteiger partial charge is 0.493 e. The van der Waals surface area contributed by atoms with Crippen molar-refractivity contribution >= 4 is 27.5 Å². The Morgan fingerprint density at radius 1 is 1.30 bits per heavy atom. The van der Waals surface area contributed by atoms with E-state index in [0.717, 1.165) is 5.56 Å². The van der Waals surface area contributed by atoms with Crippen LogP contribution in [-0.2, 0) is 13.6 Å². The molecule has 27 heavy (non-hydrogen) atoms. The van der Waals surface area contributed by atoms with E-state index in [1.165, 1.54) is 22.2 Å². The number of thiophene rings is 1. The van der Waals surface area contributed by atoms with Gasteiger partial charge in [0.15, 0.2) is 11.5 Å². The van der Waals surface area contributed by atoms with Crippen molar-refractivity contribution in [3.05, 3.63) is 50.9 Å². The number of aryl methyl sites for hydroxylation is 2. The fraction of sp³-hybridized carbons (Fsp3) is 0.316. The van der Waals surface area contributed by atoms with Crippen LogP contribution < -0.4 is 15.0 Å². The van der Waals surface area contributed by atoms with Gasteiger partial charge in [-0.1, -0.05) is 12.1 Å². The van der Waals surface area contributed by atoms with Crippen molar-refractivity contribution < 1.29 is 14.3 Å². The number of ether oxygens (including phenoxy) is 2. The number of benzene rings is 1. The Hall–Kier alpha value is -2.87. The molecule has 1 aromatic carbocycles. The van der Waals surface area contributed by atoms with Crippen molar-refractivity contribution in [1.82, 2.24) is 14.5 Å². The molecule has 0 unspecified atom stereocenters. The van der Waals surface area contributed by atoms with Crippen LogP contribution in [0.15, 0.2) is 29.3 Å². The van der Waals surface area contributed by atoms with Crippen molar-refractivity contribution in [2.45, 2.75) is 13.5 Å². The van der Waals surface area contributed by atoms with Crippen molar-refractivity contribution in [1.29, 1.82) is 0 Å². The van der Waals surface area contributed by atoms with Crippen LogP contribution in [0.2, 0.25) is 0 Å². The molecule has 1 amide bonds. The minimum Gasteiger partial charge on any atom is -0.493 e. The smallest absolute Gasteiger partial charge is 0.264 e. The van der Waals surface area contributed by atoms with Crippen molar-refractivity contribution in [3.8, 4) is 11.5 Å². The summed E-state index contributed by atoms with van der Waals surface area (Å²) in [6, 6.07) is 5.55. The number of rotatable bonds is 5. The second-order valence-corrected chi connectivity index (χ2v) is 7.21. The summed E-state index contributed by atoms with van der Waals surface area (Å²) in [5.74, 6) is 1.05. The second kappa shape index (κ2) is 7.40. The molecule has 0 aliphatic rings. The van der Waals surface area contributed by atoms with Gasteiger partial charge in [-0.3, -0.25) is 9.59 Å². The minimum atomic E-state index is -0.164. The first-order chi connectivity index (χ1) is 12.9. The van der Waals surface area contributed by atoms with E-state index in [2.05, 4.69) is 4.98 Å². The Balaban J connectivity index is 1.95. The molecule has 0 radical (unpaired) electrons. The molecule has 0 atom stereocenters. The highest BCUT2D eigenvalue weighted by Gasteiger charge is 2.23. The van der Waals surface area contributed by atoms with Gasteiger partial charge in [0.25, 0.3) is 11.5 Å². The molecule has 2 aromatic heterocycles. The maximum absolute atomic E-state index is 13.0. The van der Waals surface area contributed by atoms with Gasteiger partial charge >= 0.3 is 0 Å². The molecule has 0 saturated heterocycles. The molecular formula is C19H21N3O4S. The number of amides is 1. The number of para-hydroxylation sites is 1. The van der Waals surface area contributed by atoms with Crippen LogP contribution in [0.25, 0.3) is 10.2 Å². The molecule has 2 heterocycles. The molecule has 142 valence electrons. The van der Waals surface area contributed by atoms with E-state index in [1.54, 1.807) is 40.1 Å². The maximum atomic E-state index is 13.0. The Labute approximate surface area is 160 Å². The standard InChI is InChI=1S/C19H21N3O4S/c1-11-14-17(20-10-22(3)18(14)23)27-16(11)19(24)21(2)9-12-7-6-8-13(25-4)15(12)26-5/h6-8,10H,9H2,1-5H3. The van der Waals surface area contributed by atoms with Gasteiger partial charge < -0.3 is 18.9 Å². The van der Waals surface area contributed by atoms with Gasteiger partial charge in [0.1, 0.15) is 4.83 Å². The van der Waals surface area contributed by atoms with Gasteiger partial charge in [0.2, 0.25) is 0 Å². The van der Waals surface area contributed by atoms with E-state index >= 15 is 0 Å². The lowest BCUT2D eigenvalue weighted by Gasteiger charge is -2.19. The zero-order valence-corrected chi connectivity index (χ0v) is 16.7. The Kier molecular flexibility index (Phi) is 5.18. The van der Waals surface area contributed by atoms with Crippen LogP contribution in [0, 0.1) is 6.92 Å². The number of hydrogen-bond donors (Lipinski definition) is 0. The summed E-state index contributed by atoms with van der Waals surface area (Å²) in [7, 11) is 6.51. The van der Waals surface area contributed by atoms with Crippen molar-refractivity contribution in [2.75, 3.05) is 21.3 Å². The van der Waals surface area contributed by atoms with Gasteiger partial charge in [-0.15, -0.1) is 11.3 Å². The van der Waals surface area contributed by atoms with Crippen LogP contribution in [0.4, 0.5) is 0 Å². The van der Waals surface area contributed by atoms with Crippen molar-refractivity contribution in [3.63, 3.8) is 0 Å². The van der Waals surface area contributed by atoms with E-state index in [1.807, 2.05) is 18.2 Å². The lowest BCUT2D eigenvalue weighted by atomic mass is 10.1. The molecule has 0 fully saturated rings. The third-order valence-electron chi connectivity index (χ3n) is 4.44. The average Bonchev–Trinajstić information content (AvgIpc) is 3.00. The monoisotopic (exact) mass is 387 g/mol. The fourth-order valence-electron chi connectivity index (χ4n) is 2.99. The molecule has 3 rings (SSSR count). The molecule has 7 nitrogen and oxygen atoms in total. The molecule has 0 bridgehead atoms. The van der Waals surface area contributed by atoms with Gasteiger partial charge in [0.05, 0.1) is 30.8 Å². The van der Waals surface area contributed by atoms with Crippen LogP contribution in [0.5, 0.6) is 11.5 Å². The van der Waals surface area contributed by atoms with Gasteiger partial charge in [0, 0.05) is 26.2 Å². The fourth-order valence-corrected chi connectivity index (χ4v) is 4.13. The summed E-state index contributed by atoms with van der Waals surface area (Å²) in [6.07, 6.45) is 1.47. The molecule has 0 saturated carbocycles. The van der Waals surface area contributed by atoms with E-state index < -0.39 is 0 Å². The molecule has 0 aliphatic heterocycles. The normalized spacial score (nSPS) is 10.9. The molecule has 0 aliphatic carbocycles. The number of fused-ring (bicyclic) bond motifs is 1. The summed E-state index contributed by atoms with van der Waals surface area (Å²) in [5.41, 5.74) is 1.35. The first-order valence-electron chi connectivity index (χ1n) is 8.29. The van der Waals surface area contributed by atoms with Gasteiger partial charge in [-0.2, -0.15) is 0 Å². The maximum Gasteiger partial charge on any atom is 0.264 e. The lowest BCUT2D eigenvalue weighted by molar-refractivity contribution is 0.0788. The second-order valence-electron chi connectivity index (χ2n) is 6.21. The van der Waals surface area contributed by atoms with Crippen LogP contribution in [-0.4, -0.2) is 41.6 Å². The molecule has 0 N–H and O–H groups in total. The third-order valence-corrected chi connectivity index (χ3v) is 5.63. The molecule has 8 heteroatoms. The summed E-state index contributed by atoms with van der Waals surface area (Å²) < 4.78 is 12.2. The number of methoxy groups -OCH3 is 2. The molecule has 0 spiro atoms.